The Labute approximate surface area is 124 Å². The van der Waals surface area contributed by atoms with Gasteiger partial charge in [-0.25, -0.2) is 4.98 Å². The zero-order chi connectivity index (χ0) is 13.8. The minimum atomic E-state index is -0.133. The Balaban J connectivity index is 1.92. The zero-order valence-electron chi connectivity index (χ0n) is 10.1. The first kappa shape index (κ1) is 14.2. The number of anilines is 2. The summed E-state index contributed by atoms with van der Waals surface area (Å²) in [5, 5.41) is 5.22. The minimum absolute atomic E-state index is 0.133. The summed E-state index contributed by atoms with van der Waals surface area (Å²) in [5.74, 6) is 0.158. The van der Waals surface area contributed by atoms with Crippen molar-refractivity contribution in [3.63, 3.8) is 0 Å². The summed E-state index contributed by atoms with van der Waals surface area (Å²) in [5.41, 5.74) is 7.75. The van der Waals surface area contributed by atoms with Gasteiger partial charge in [0.25, 0.3) is 0 Å². The summed E-state index contributed by atoms with van der Waals surface area (Å²) in [4.78, 5) is 16.1. The molecule has 2 aromatic rings. The lowest BCUT2D eigenvalue weighted by Gasteiger charge is -2.07. The Morgan fingerprint density at radius 2 is 2.37 bits per heavy atom. The second kappa shape index (κ2) is 6.27. The van der Waals surface area contributed by atoms with Crippen LogP contribution in [0.2, 0.25) is 5.02 Å². The van der Waals surface area contributed by atoms with Crippen molar-refractivity contribution in [2.75, 3.05) is 16.8 Å². The summed E-state index contributed by atoms with van der Waals surface area (Å²) in [6, 6.07) is 4.97. The molecule has 19 heavy (non-hydrogen) atoms. The highest BCUT2D eigenvalue weighted by atomic mass is 35.5. The van der Waals surface area contributed by atoms with Crippen molar-refractivity contribution in [2.45, 2.75) is 11.3 Å². The molecule has 1 amide bonds. The van der Waals surface area contributed by atoms with E-state index >= 15 is 0 Å². The van der Waals surface area contributed by atoms with Gasteiger partial charge in [0.2, 0.25) is 5.91 Å². The molecule has 7 heteroatoms. The Bertz CT molecular complexity index is 600. The lowest BCUT2D eigenvalue weighted by molar-refractivity contribution is -0.113. The summed E-state index contributed by atoms with van der Waals surface area (Å²) in [7, 11) is 0. The molecule has 0 fully saturated rings. The van der Waals surface area contributed by atoms with Crippen molar-refractivity contribution in [1.29, 1.82) is 0 Å². The average Bonchev–Trinajstić information content (AvgIpc) is 2.77. The number of aromatic nitrogens is 1. The van der Waals surface area contributed by atoms with E-state index in [0.717, 1.165) is 10.0 Å². The van der Waals surface area contributed by atoms with E-state index in [1.54, 1.807) is 18.2 Å². The van der Waals surface area contributed by atoms with E-state index in [9.17, 15) is 4.79 Å². The second-order valence-corrected chi connectivity index (χ2v) is 6.34. The predicted octanol–water partition coefficient (Wildman–Crippen LogP) is 3.42. The molecule has 0 saturated heterocycles. The normalized spacial score (nSPS) is 10.4. The Kier molecular flexibility index (Phi) is 4.68. The average molecular weight is 314 g/mol. The van der Waals surface area contributed by atoms with Gasteiger partial charge in [0, 0.05) is 16.1 Å². The van der Waals surface area contributed by atoms with E-state index in [-0.39, 0.29) is 5.91 Å². The van der Waals surface area contributed by atoms with Gasteiger partial charge in [0.05, 0.1) is 17.1 Å². The molecular weight excluding hydrogens is 302 g/mol. The van der Waals surface area contributed by atoms with Crippen molar-refractivity contribution < 1.29 is 4.79 Å². The van der Waals surface area contributed by atoms with Crippen LogP contribution in [-0.4, -0.2) is 16.6 Å². The summed E-state index contributed by atoms with van der Waals surface area (Å²) in [6.45, 7) is 1.92. The number of nitrogens with two attached hydrogens (primary N) is 1. The highest BCUT2D eigenvalue weighted by molar-refractivity contribution is 8.01. The third kappa shape index (κ3) is 4.12. The summed E-state index contributed by atoms with van der Waals surface area (Å²) in [6.07, 6.45) is 0. The van der Waals surface area contributed by atoms with E-state index in [0.29, 0.717) is 22.2 Å². The van der Waals surface area contributed by atoms with Crippen LogP contribution in [0.5, 0.6) is 0 Å². The number of carbonyl (C=O) groups excluding carboxylic acids is 1. The molecule has 0 aliphatic heterocycles. The van der Waals surface area contributed by atoms with Crippen LogP contribution in [0, 0.1) is 6.92 Å². The number of nitrogens with zero attached hydrogens (tertiary/aromatic N) is 1. The molecule has 2 rings (SSSR count). The fraction of sp³-hybridized carbons (Fsp3) is 0.167. The quantitative estimate of drug-likeness (QED) is 0.670. The molecule has 0 saturated carbocycles. The topological polar surface area (TPSA) is 68.0 Å². The molecule has 0 aliphatic carbocycles. The SMILES string of the molecule is Cc1csc(SCC(=O)Nc2cc(Cl)ccc2N)n1. The number of hydrogen-bond donors (Lipinski definition) is 2. The fourth-order valence-corrected chi connectivity index (χ4v) is 3.17. The number of thioether (sulfide) groups is 1. The van der Waals surface area contributed by atoms with E-state index in [1.165, 1.54) is 23.1 Å². The van der Waals surface area contributed by atoms with E-state index in [4.69, 9.17) is 17.3 Å². The number of carbonyl (C=O) groups is 1. The molecule has 1 aromatic carbocycles. The first-order valence-corrected chi connectivity index (χ1v) is 7.69. The van der Waals surface area contributed by atoms with Crippen molar-refractivity contribution in [2.24, 2.45) is 0 Å². The van der Waals surface area contributed by atoms with Crippen LogP contribution in [0.3, 0.4) is 0 Å². The molecular formula is C12H12ClN3OS2. The fourth-order valence-electron chi connectivity index (χ4n) is 1.35. The highest BCUT2D eigenvalue weighted by Crippen LogP contribution is 2.25. The number of halogens is 1. The maximum atomic E-state index is 11.8. The number of aryl methyl sites for hydroxylation is 1. The van der Waals surface area contributed by atoms with Crippen LogP contribution < -0.4 is 11.1 Å². The second-order valence-electron chi connectivity index (χ2n) is 3.82. The molecule has 0 spiro atoms. The van der Waals surface area contributed by atoms with Crippen molar-refractivity contribution in [3.8, 4) is 0 Å². The first-order valence-electron chi connectivity index (χ1n) is 5.44. The molecule has 0 atom stereocenters. The Morgan fingerprint density at radius 3 is 3.05 bits per heavy atom. The number of benzene rings is 1. The zero-order valence-corrected chi connectivity index (χ0v) is 12.5. The summed E-state index contributed by atoms with van der Waals surface area (Å²) < 4.78 is 0.881. The molecule has 1 heterocycles. The maximum absolute atomic E-state index is 11.8. The Hall–Kier alpha value is -1.24. The predicted molar refractivity (Wildman–Crippen MR) is 82.1 cm³/mol. The smallest absolute Gasteiger partial charge is 0.234 e. The van der Waals surface area contributed by atoms with Gasteiger partial charge in [-0.1, -0.05) is 23.4 Å². The van der Waals surface area contributed by atoms with Crippen LogP contribution in [-0.2, 0) is 4.79 Å². The molecule has 100 valence electrons. The van der Waals surface area contributed by atoms with Gasteiger partial charge in [0.15, 0.2) is 4.34 Å². The lowest BCUT2D eigenvalue weighted by atomic mass is 10.2. The van der Waals surface area contributed by atoms with Gasteiger partial charge in [-0.15, -0.1) is 11.3 Å². The standard InChI is InChI=1S/C12H12ClN3OS2/c1-7-5-18-12(15-7)19-6-11(17)16-10-4-8(13)2-3-9(10)14/h2-5H,6,14H2,1H3,(H,16,17). The van der Waals surface area contributed by atoms with E-state index in [1.807, 2.05) is 12.3 Å². The van der Waals surface area contributed by atoms with Gasteiger partial charge < -0.3 is 11.1 Å². The molecule has 0 aliphatic rings. The van der Waals surface area contributed by atoms with Crippen LogP contribution in [0.15, 0.2) is 27.9 Å². The van der Waals surface area contributed by atoms with Gasteiger partial charge in [-0.05, 0) is 25.1 Å². The number of nitrogens with one attached hydrogen (secondary N) is 1. The van der Waals surface area contributed by atoms with Crippen LogP contribution >= 0.6 is 34.7 Å². The van der Waals surface area contributed by atoms with E-state index in [2.05, 4.69) is 10.3 Å². The number of amides is 1. The van der Waals surface area contributed by atoms with Crippen molar-refractivity contribution in [1.82, 2.24) is 4.98 Å². The molecule has 0 bridgehead atoms. The first-order chi connectivity index (χ1) is 9.04. The van der Waals surface area contributed by atoms with Crippen LogP contribution in [0.25, 0.3) is 0 Å². The minimum Gasteiger partial charge on any atom is -0.397 e. The van der Waals surface area contributed by atoms with Crippen LogP contribution in [0.4, 0.5) is 11.4 Å². The van der Waals surface area contributed by atoms with Gasteiger partial charge in [0.1, 0.15) is 0 Å². The highest BCUT2D eigenvalue weighted by Gasteiger charge is 2.08. The molecule has 1 aromatic heterocycles. The number of thiazole rings is 1. The summed E-state index contributed by atoms with van der Waals surface area (Å²) >= 11 is 8.79. The molecule has 4 nitrogen and oxygen atoms in total. The van der Waals surface area contributed by atoms with E-state index < -0.39 is 0 Å². The van der Waals surface area contributed by atoms with Crippen molar-refractivity contribution in [3.05, 3.63) is 34.3 Å². The molecule has 0 radical (unpaired) electrons. The van der Waals surface area contributed by atoms with Crippen molar-refractivity contribution >= 4 is 52.0 Å². The number of nitrogen functional groups attached to an aromatic ring is 1. The van der Waals surface area contributed by atoms with Gasteiger partial charge >= 0.3 is 0 Å². The molecule has 3 N–H and O–H groups in total. The lowest BCUT2D eigenvalue weighted by Crippen LogP contribution is -2.15. The largest absolute Gasteiger partial charge is 0.397 e. The van der Waals surface area contributed by atoms with Gasteiger partial charge in [-0.3, -0.25) is 4.79 Å². The molecule has 0 unspecified atom stereocenters. The Morgan fingerprint density at radius 1 is 1.58 bits per heavy atom. The van der Waals surface area contributed by atoms with Crippen LogP contribution in [0.1, 0.15) is 5.69 Å². The third-order valence-corrected chi connectivity index (χ3v) is 4.59. The number of rotatable bonds is 4. The maximum Gasteiger partial charge on any atom is 0.234 e. The number of hydrogen-bond acceptors (Lipinski definition) is 5. The third-order valence-electron chi connectivity index (χ3n) is 2.21. The van der Waals surface area contributed by atoms with Gasteiger partial charge in [-0.2, -0.15) is 0 Å². The monoisotopic (exact) mass is 313 g/mol.